The fourth-order valence-corrected chi connectivity index (χ4v) is 4.70. The van der Waals surface area contributed by atoms with Crippen molar-refractivity contribution in [2.24, 2.45) is 0 Å². The molecular formula is C16H15ClN2OS. The maximum absolute atomic E-state index is 12.5. The van der Waals surface area contributed by atoms with Crippen molar-refractivity contribution >= 4 is 33.8 Å². The lowest BCUT2D eigenvalue weighted by Gasteiger charge is -2.27. The van der Waals surface area contributed by atoms with Gasteiger partial charge in [0.2, 0.25) is 0 Å². The van der Waals surface area contributed by atoms with Crippen molar-refractivity contribution in [1.82, 2.24) is 5.32 Å². The van der Waals surface area contributed by atoms with Crippen LogP contribution in [0, 0.1) is 0 Å². The van der Waals surface area contributed by atoms with Gasteiger partial charge in [-0.3, -0.25) is 4.79 Å². The number of hydrogen-bond acceptors (Lipinski definition) is 3. The molecule has 0 saturated heterocycles. The highest BCUT2D eigenvalue weighted by molar-refractivity contribution is 7.16. The average molecular weight is 319 g/mol. The van der Waals surface area contributed by atoms with Crippen LogP contribution in [0.1, 0.15) is 45.4 Å². The monoisotopic (exact) mass is 318 g/mol. The molecule has 2 N–H and O–H groups in total. The molecule has 0 bridgehead atoms. The van der Waals surface area contributed by atoms with Gasteiger partial charge < -0.3 is 10.6 Å². The van der Waals surface area contributed by atoms with E-state index in [-0.39, 0.29) is 12.1 Å². The van der Waals surface area contributed by atoms with E-state index in [1.807, 2.05) is 24.3 Å². The molecule has 21 heavy (non-hydrogen) atoms. The van der Waals surface area contributed by atoms with Crippen molar-refractivity contribution in [1.29, 1.82) is 0 Å². The van der Waals surface area contributed by atoms with Crippen molar-refractivity contribution in [3.63, 3.8) is 0 Å². The molecule has 1 aliphatic heterocycles. The van der Waals surface area contributed by atoms with E-state index in [1.165, 1.54) is 23.3 Å². The molecule has 1 amide bonds. The molecule has 1 atom stereocenters. The fourth-order valence-electron chi connectivity index (χ4n) is 3.14. The molecular weight excluding hydrogens is 304 g/mol. The molecule has 1 aromatic heterocycles. The van der Waals surface area contributed by atoms with Crippen LogP contribution >= 0.6 is 22.9 Å². The van der Waals surface area contributed by atoms with E-state index in [1.54, 1.807) is 11.3 Å². The third kappa shape index (κ3) is 2.14. The SMILES string of the molecule is O=C1NC(c2ccccc2Cl)Nc2sc3c(c21)CCCC3. The average Bonchev–Trinajstić information content (AvgIpc) is 2.86. The fraction of sp³-hybridized carbons (Fsp3) is 0.312. The van der Waals surface area contributed by atoms with Gasteiger partial charge in [-0.25, -0.2) is 0 Å². The van der Waals surface area contributed by atoms with Crippen LogP contribution in [0.5, 0.6) is 0 Å². The minimum absolute atomic E-state index is 0.0214. The highest BCUT2D eigenvalue weighted by Crippen LogP contribution is 2.41. The van der Waals surface area contributed by atoms with Crippen molar-refractivity contribution in [3.8, 4) is 0 Å². The first-order chi connectivity index (χ1) is 10.2. The van der Waals surface area contributed by atoms with Crippen molar-refractivity contribution in [3.05, 3.63) is 50.9 Å². The number of nitrogens with one attached hydrogen (secondary N) is 2. The summed E-state index contributed by atoms with van der Waals surface area (Å²) in [5.74, 6) is 0.0214. The number of amides is 1. The van der Waals surface area contributed by atoms with Gasteiger partial charge in [-0.15, -0.1) is 11.3 Å². The lowest BCUT2D eigenvalue weighted by atomic mass is 9.94. The van der Waals surface area contributed by atoms with E-state index in [4.69, 9.17) is 11.6 Å². The Bertz CT molecular complexity index is 725. The lowest BCUT2D eigenvalue weighted by Crippen LogP contribution is -2.38. The highest BCUT2D eigenvalue weighted by Gasteiger charge is 2.32. The van der Waals surface area contributed by atoms with E-state index in [9.17, 15) is 4.79 Å². The van der Waals surface area contributed by atoms with Crippen LogP contribution in [-0.4, -0.2) is 5.91 Å². The first-order valence-corrected chi connectivity index (χ1v) is 8.40. The number of carbonyl (C=O) groups excluding carboxylic acids is 1. The van der Waals surface area contributed by atoms with Crippen LogP contribution in [-0.2, 0) is 12.8 Å². The molecule has 0 saturated carbocycles. The van der Waals surface area contributed by atoms with E-state index in [2.05, 4.69) is 10.6 Å². The number of hydrogen-bond donors (Lipinski definition) is 2. The first-order valence-electron chi connectivity index (χ1n) is 7.20. The maximum atomic E-state index is 12.5. The second kappa shape index (κ2) is 5.04. The summed E-state index contributed by atoms with van der Waals surface area (Å²) in [6, 6.07) is 7.62. The number of aryl methyl sites for hydroxylation is 1. The Balaban J connectivity index is 1.74. The van der Waals surface area contributed by atoms with Gasteiger partial charge in [0.25, 0.3) is 5.91 Å². The number of anilines is 1. The highest BCUT2D eigenvalue weighted by atomic mass is 35.5. The Hall–Kier alpha value is -1.52. The Kier molecular flexibility index (Phi) is 3.16. The summed E-state index contributed by atoms with van der Waals surface area (Å²) in [6.45, 7) is 0. The standard InChI is InChI=1S/C16H15ClN2OS/c17-11-7-3-1-5-9(11)14-18-15(20)13-10-6-2-4-8-12(10)21-16(13)19-14/h1,3,5,7,14,19H,2,4,6,8H2,(H,18,20). The Morgan fingerprint density at radius 3 is 2.81 bits per heavy atom. The summed E-state index contributed by atoms with van der Waals surface area (Å²) >= 11 is 7.98. The predicted octanol–water partition coefficient (Wildman–Crippen LogP) is 4.13. The molecule has 3 nitrogen and oxygen atoms in total. The number of carbonyl (C=O) groups is 1. The van der Waals surface area contributed by atoms with Crippen LogP contribution in [0.3, 0.4) is 0 Å². The van der Waals surface area contributed by atoms with Gasteiger partial charge in [-0.05, 0) is 37.3 Å². The summed E-state index contributed by atoms with van der Waals surface area (Å²) in [5.41, 5.74) is 3.02. The van der Waals surface area contributed by atoms with Crippen LogP contribution < -0.4 is 10.6 Å². The molecule has 2 heterocycles. The van der Waals surface area contributed by atoms with Crippen LogP contribution in [0.25, 0.3) is 0 Å². The van der Waals surface area contributed by atoms with Gasteiger partial charge in [0.05, 0.1) is 5.56 Å². The third-order valence-electron chi connectivity index (χ3n) is 4.17. The Morgan fingerprint density at radius 2 is 1.95 bits per heavy atom. The molecule has 1 aliphatic carbocycles. The lowest BCUT2D eigenvalue weighted by molar-refractivity contribution is 0.0935. The van der Waals surface area contributed by atoms with Crippen molar-refractivity contribution in [2.45, 2.75) is 31.8 Å². The van der Waals surface area contributed by atoms with Gasteiger partial charge in [-0.1, -0.05) is 29.8 Å². The molecule has 0 radical (unpaired) electrons. The maximum Gasteiger partial charge on any atom is 0.256 e. The second-order valence-corrected chi connectivity index (χ2v) is 7.00. The van der Waals surface area contributed by atoms with E-state index in [0.29, 0.717) is 5.02 Å². The summed E-state index contributed by atoms with van der Waals surface area (Å²) in [6.07, 6.45) is 4.27. The number of fused-ring (bicyclic) bond motifs is 3. The minimum atomic E-state index is -0.251. The van der Waals surface area contributed by atoms with E-state index >= 15 is 0 Å². The zero-order chi connectivity index (χ0) is 14.4. The van der Waals surface area contributed by atoms with Crippen molar-refractivity contribution < 1.29 is 4.79 Å². The minimum Gasteiger partial charge on any atom is -0.353 e. The molecule has 5 heteroatoms. The number of rotatable bonds is 1. The zero-order valence-corrected chi connectivity index (χ0v) is 13.0. The van der Waals surface area contributed by atoms with Gasteiger partial charge >= 0.3 is 0 Å². The molecule has 1 aromatic carbocycles. The van der Waals surface area contributed by atoms with Gasteiger partial charge in [-0.2, -0.15) is 0 Å². The van der Waals surface area contributed by atoms with E-state index in [0.717, 1.165) is 29.0 Å². The Labute approximate surface area is 132 Å². The zero-order valence-electron chi connectivity index (χ0n) is 11.4. The molecule has 2 aromatic rings. The van der Waals surface area contributed by atoms with Gasteiger partial charge in [0.15, 0.2) is 0 Å². The second-order valence-electron chi connectivity index (χ2n) is 5.49. The number of benzene rings is 1. The topological polar surface area (TPSA) is 41.1 Å². The third-order valence-corrected chi connectivity index (χ3v) is 5.73. The summed E-state index contributed by atoms with van der Waals surface area (Å²) in [5, 5.41) is 8.14. The molecule has 4 rings (SSSR count). The Morgan fingerprint density at radius 1 is 1.14 bits per heavy atom. The molecule has 108 valence electrons. The number of halogens is 1. The first kappa shape index (κ1) is 13.2. The smallest absolute Gasteiger partial charge is 0.256 e. The van der Waals surface area contributed by atoms with Gasteiger partial charge in [0.1, 0.15) is 11.2 Å². The molecule has 0 spiro atoms. The van der Waals surface area contributed by atoms with Crippen molar-refractivity contribution in [2.75, 3.05) is 5.32 Å². The van der Waals surface area contributed by atoms with Crippen LogP contribution in [0.2, 0.25) is 5.02 Å². The molecule has 2 aliphatic rings. The van der Waals surface area contributed by atoms with Crippen LogP contribution in [0.4, 0.5) is 5.00 Å². The quantitative estimate of drug-likeness (QED) is 0.830. The van der Waals surface area contributed by atoms with Gasteiger partial charge in [0, 0.05) is 15.5 Å². The molecule has 1 unspecified atom stereocenters. The normalized spacial score (nSPS) is 20.2. The summed E-state index contributed by atoms with van der Waals surface area (Å²) < 4.78 is 0. The van der Waals surface area contributed by atoms with E-state index < -0.39 is 0 Å². The largest absolute Gasteiger partial charge is 0.353 e. The van der Waals surface area contributed by atoms with Crippen LogP contribution in [0.15, 0.2) is 24.3 Å². The summed E-state index contributed by atoms with van der Waals surface area (Å²) in [4.78, 5) is 13.9. The predicted molar refractivity (Wildman–Crippen MR) is 86.2 cm³/mol. The summed E-state index contributed by atoms with van der Waals surface area (Å²) in [7, 11) is 0. The molecule has 0 fully saturated rings. The number of thiophene rings is 1.